The van der Waals surface area contributed by atoms with Crippen LogP contribution >= 0.6 is 23.2 Å². The lowest BCUT2D eigenvalue weighted by molar-refractivity contribution is 0.186. The molecule has 1 aromatic heterocycles. The van der Waals surface area contributed by atoms with Crippen LogP contribution in [0.2, 0.25) is 10.0 Å². The Morgan fingerprint density at radius 3 is 3.05 bits per heavy atom. The second-order valence-electron chi connectivity index (χ2n) is 5.59. The summed E-state index contributed by atoms with van der Waals surface area (Å²) < 4.78 is 1.68. The average Bonchev–Trinajstić information content (AvgIpc) is 2.98. The molecule has 0 bridgehead atoms. The van der Waals surface area contributed by atoms with Gasteiger partial charge < -0.3 is 5.32 Å². The summed E-state index contributed by atoms with van der Waals surface area (Å²) in [7, 11) is 2.02. The molecule has 1 atom stereocenters. The fourth-order valence-electron chi connectivity index (χ4n) is 2.82. The summed E-state index contributed by atoms with van der Waals surface area (Å²) >= 11 is 12.3. The molecule has 0 amide bonds. The molecule has 2 aromatic rings. The van der Waals surface area contributed by atoms with Crippen molar-refractivity contribution in [1.82, 2.24) is 25.2 Å². The number of halogens is 2. The fourth-order valence-corrected chi connectivity index (χ4v) is 3.20. The Hall–Kier alpha value is -1.14. The predicted octanol–water partition coefficient (Wildman–Crippen LogP) is 2.76. The summed E-state index contributed by atoms with van der Waals surface area (Å²) in [5, 5.41) is 12.8. The van der Waals surface area contributed by atoms with Gasteiger partial charge in [0.1, 0.15) is 0 Å². The van der Waals surface area contributed by atoms with Crippen LogP contribution in [0.15, 0.2) is 24.4 Å². The van der Waals surface area contributed by atoms with Gasteiger partial charge in [-0.2, -0.15) is 0 Å². The number of hydrogen-bond acceptors (Lipinski definition) is 4. The van der Waals surface area contributed by atoms with E-state index in [0.717, 1.165) is 31.0 Å². The van der Waals surface area contributed by atoms with Gasteiger partial charge >= 0.3 is 0 Å². The monoisotopic (exact) mass is 339 g/mol. The summed E-state index contributed by atoms with van der Waals surface area (Å²) in [4.78, 5) is 2.40. The SMILES string of the molecule is CNC1CCCN(Cc2cn(-c3cccc(Cl)c3Cl)nn2)C1. The van der Waals surface area contributed by atoms with E-state index in [9.17, 15) is 0 Å². The first-order chi connectivity index (χ1) is 10.7. The molecule has 1 aliphatic rings. The minimum Gasteiger partial charge on any atom is -0.316 e. The summed E-state index contributed by atoms with van der Waals surface area (Å²) in [6.45, 7) is 2.95. The van der Waals surface area contributed by atoms with Gasteiger partial charge in [0.25, 0.3) is 0 Å². The van der Waals surface area contributed by atoms with Crippen molar-refractivity contribution in [3.8, 4) is 5.69 Å². The Morgan fingerprint density at radius 1 is 1.36 bits per heavy atom. The predicted molar refractivity (Wildman–Crippen MR) is 88.7 cm³/mol. The van der Waals surface area contributed by atoms with Crippen LogP contribution in [0.25, 0.3) is 5.69 Å². The van der Waals surface area contributed by atoms with Crippen LogP contribution in [-0.4, -0.2) is 46.1 Å². The first-order valence-electron chi connectivity index (χ1n) is 7.42. The summed E-state index contributed by atoms with van der Waals surface area (Å²) in [5.41, 5.74) is 1.69. The molecule has 7 heteroatoms. The van der Waals surface area contributed by atoms with Gasteiger partial charge in [-0.1, -0.05) is 34.5 Å². The van der Waals surface area contributed by atoms with Gasteiger partial charge in [-0.3, -0.25) is 4.90 Å². The third kappa shape index (κ3) is 3.43. The van der Waals surface area contributed by atoms with E-state index in [2.05, 4.69) is 20.5 Å². The molecule has 0 aliphatic carbocycles. The van der Waals surface area contributed by atoms with Crippen LogP contribution in [0.5, 0.6) is 0 Å². The average molecular weight is 340 g/mol. The minimum absolute atomic E-state index is 0.494. The highest BCUT2D eigenvalue weighted by atomic mass is 35.5. The van der Waals surface area contributed by atoms with Crippen molar-refractivity contribution in [3.05, 3.63) is 40.1 Å². The summed E-state index contributed by atoms with van der Waals surface area (Å²) in [5.74, 6) is 0. The zero-order valence-electron chi connectivity index (χ0n) is 12.5. The van der Waals surface area contributed by atoms with Crippen molar-refractivity contribution in [3.63, 3.8) is 0 Å². The van der Waals surface area contributed by atoms with Gasteiger partial charge in [0.15, 0.2) is 0 Å². The van der Waals surface area contributed by atoms with Crippen molar-refractivity contribution in [1.29, 1.82) is 0 Å². The second-order valence-corrected chi connectivity index (χ2v) is 6.38. The van der Waals surface area contributed by atoms with Gasteiger partial charge in [0, 0.05) is 19.1 Å². The lowest BCUT2D eigenvalue weighted by Crippen LogP contribution is -2.43. The van der Waals surface area contributed by atoms with Crippen LogP contribution in [0, 0.1) is 0 Å². The van der Waals surface area contributed by atoms with Crippen LogP contribution in [0.3, 0.4) is 0 Å². The van der Waals surface area contributed by atoms with Crippen LogP contribution in [0.4, 0.5) is 0 Å². The number of likely N-dealkylation sites (tertiary alicyclic amines) is 1. The molecule has 1 aliphatic heterocycles. The van der Waals surface area contributed by atoms with Gasteiger partial charge in [0.05, 0.1) is 27.6 Å². The van der Waals surface area contributed by atoms with Crippen molar-refractivity contribution in [2.45, 2.75) is 25.4 Å². The number of piperidine rings is 1. The number of nitrogens with zero attached hydrogens (tertiary/aromatic N) is 4. The molecular formula is C15H19Cl2N5. The number of hydrogen-bond donors (Lipinski definition) is 1. The molecule has 0 radical (unpaired) electrons. The third-order valence-corrected chi connectivity index (χ3v) is 4.83. The molecule has 1 saturated heterocycles. The van der Waals surface area contributed by atoms with E-state index in [-0.39, 0.29) is 0 Å². The van der Waals surface area contributed by atoms with Crippen molar-refractivity contribution in [2.75, 3.05) is 20.1 Å². The Bertz CT molecular complexity index is 643. The summed E-state index contributed by atoms with van der Waals surface area (Å²) in [6, 6.07) is 6.06. The van der Waals surface area contributed by atoms with Crippen LogP contribution in [-0.2, 0) is 6.54 Å². The van der Waals surface area contributed by atoms with Crippen LogP contribution in [0.1, 0.15) is 18.5 Å². The van der Waals surface area contributed by atoms with E-state index >= 15 is 0 Å². The van der Waals surface area contributed by atoms with E-state index in [1.165, 1.54) is 12.8 Å². The normalized spacial score (nSPS) is 19.5. The highest BCUT2D eigenvalue weighted by Gasteiger charge is 2.19. The van der Waals surface area contributed by atoms with E-state index in [0.29, 0.717) is 16.1 Å². The van der Waals surface area contributed by atoms with E-state index in [1.807, 2.05) is 25.4 Å². The molecular weight excluding hydrogens is 321 g/mol. The van der Waals surface area contributed by atoms with E-state index in [1.54, 1.807) is 10.7 Å². The van der Waals surface area contributed by atoms with Crippen molar-refractivity contribution in [2.24, 2.45) is 0 Å². The van der Waals surface area contributed by atoms with E-state index in [4.69, 9.17) is 23.2 Å². The molecule has 0 spiro atoms. The largest absolute Gasteiger partial charge is 0.316 e. The molecule has 5 nitrogen and oxygen atoms in total. The Kier molecular flexibility index (Phi) is 4.98. The van der Waals surface area contributed by atoms with E-state index < -0.39 is 0 Å². The minimum atomic E-state index is 0.494. The van der Waals surface area contributed by atoms with Crippen LogP contribution < -0.4 is 5.32 Å². The molecule has 118 valence electrons. The maximum absolute atomic E-state index is 6.23. The molecule has 2 heterocycles. The van der Waals surface area contributed by atoms with Gasteiger partial charge in [-0.25, -0.2) is 4.68 Å². The number of benzene rings is 1. The Balaban J connectivity index is 1.72. The lowest BCUT2D eigenvalue weighted by atomic mass is 10.1. The van der Waals surface area contributed by atoms with Gasteiger partial charge in [0.2, 0.25) is 0 Å². The van der Waals surface area contributed by atoms with Gasteiger partial charge in [-0.15, -0.1) is 5.10 Å². The molecule has 22 heavy (non-hydrogen) atoms. The highest BCUT2D eigenvalue weighted by molar-refractivity contribution is 6.43. The second kappa shape index (κ2) is 6.96. The van der Waals surface area contributed by atoms with Crippen molar-refractivity contribution < 1.29 is 0 Å². The molecule has 1 aromatic carbocycles. The third-order valence-electron chi connectivity index (χ3n) is 4.02. The first kappa shape index (κ1) is 15.7. The highest BCUT2D eigenvalue weighted by Crippen LogP contribution is 2.28. The number of rotatable bonds is 4. The first-order valence-corrected chi connectivity index (χ1v) is 8.18. The van der Waals surface area contributed by atoms with Crippen molar-refractivity contribution >= 4 is 23.2 Å². The lowest BCUT2D eigenvalue weighted by Gasteiger charge is -2.31. The molecule has 1 unspecified atom stereocenters. The van der Waals surface area contributed by atoms with Gasteiger partial charge in [-0.05, 0) is 38.6 Å². The Morgan fingerprint density at radius 2 is 2.23 bits per heavy atom. The maximum Gasteiger partial charge on any atom is 0.0971 e. The molecule has 1 fully saturated rings. The maximum atomic E-state index is 6.23. The fraction of sp³-hybridized carbons (Fsp3) is 0.467. The number of aromatic nitrogens is 3. The Labute approximate surface area is 140 Å². The smallest absolute Gasteiger partial charge is 0.0971 e. The summed E-state index contributed by atoms with van der Waals surface area (Å²) in [6.07, 6.45) is 4.36. The zero-order valence-corrected chi connectivity index (χ0v) is 14.0. The molecule has 0 saturated carbocycles. The molecule has 1 N–H and O–H groups in total. The molecule has 3 rings (SSSR count). The number of likely N-dealkylation sites (N-methyl/N-ethyl adjacent to an activating group) is 1. The quantitative estimate of drug-likeness (QED) is 0.930. The number of nitrogens with one attached hydrogen (secondary N) is 1. The topological polar surface area (TPSA) is 46.0 Å². The zero-order chi connectivity index (χ0) is 15.5. The standard InChI is InChI=1S/C15H19Cl2N5/c1-18-11-4-3-7-21(8-11)9-12-10-22(20-19-12)14-6-2-5-13(16)15(14)17/h2,5-6,10-11,18H,3-4,7-9H2,1H3.